The van der Waals surface area contributed by atoms with Crippen molar-refractivity contribution in [3.63, 3.8) is 0 Å². The first-order chi connectivity index (χ1) is 14.5. The maximum atomic E-state index is 12.7. The zero-order valence-electron chi connectivity index (χ0n) is 16.5. The van der Waals surface area contributed by atoms with E-state index >= 15 is 0 Å². The van der Waals surface area contributed by atoms with Gasteiger partial charge < -0.3 is 19.9 Å². The van der Waals surface area contributed by atoms with Gasteiger partial charge in [0.05, 0.1) is 18.1 Å². The van der Waals surface area contributed by atoms with Crippen LogP contribution in [0.25, 0.3) is 0 Å². The minimum absolute atomic E-state index is 0.275. The number of ether oxygens (including phenoxy) is 1. The number of nitrogens with zero attached hydrogens (tertiary/aromatic N) is 5. The maximum absolute atomic E-state index is 12.7. The van der Waals surface area contributed by atoms with E-state index in [4.69, 9.17) is 17.0 Å². The van der Waals surface area contributed by atoms with Gasteiger partial charge >= 0.3 is 0 Å². The Kier molecular flexibility index (Phi) is 6.42. The smallest absolute Gasteiger partial charge is 0.243 e. The summed E-state index contributed by atoms with van der Waals surface area (Å²) >= 11 is 5.54. The van der Waals surface area contributed by atoms with Gasteiger partial charge in [-0.3, -0.25) is 0 Å². The predicted molar refractivity (Wildman–Crippen MR) is 118 cm³/mol. The van der Waals surface area contributed by atoms with Gasteiger partial charge in [0.15, 0.2) is 5.11 Å². The molecule has 2 aromatic rings. The van der Waals surface area contributed by atoms with Crippen LogP contribution in [-0.4, -0.2) is 85.2 Å². The molecular weight excluding hydrogens is 424 g/mol. The van der Waals surface area contributed by atoms with Crippen LogP contribution in [0.1, 0.15) is 0 Å². The number of aromatic nitrogens is 2. The number of morpholine rings is 1. The lowest BCUT2D eigenvalue weighted by Gasteiger charge is -2.36. The molecule has 4 rings (SSSR count). The van der Waals surface area contributed by atoms with Crippen LogP contribution in [0, 0.1) is 0 Å². The molecule has 0 spiro atoms. The monoisotopic (exact) mass is 448 g/mol. The Morgan fingerprint density at radius 3 is 2.23 bits per heavy atom. The summed E-state index contributed by atoms with van der Waals surface area (Å²) in [6.45, 7) is 4.69. The van der Waals surface area contributed by atoms with Crippen LogP contribution in [-0.2, 0) is 14.8 Å². The lowest BCUT2D eigenvalue weighted by atomic mass is 10.3. The van der Waals surface area contributed by atoms with Gasteiger partial charge in [-0.25, -0.2) is 18.4 Å². The average Bonchev–Trinajstić information content (AvgIpc) is 2.81. The van der Waals surface area contributed by atoms with Crippen LogP contribution in [0.3, 0.4) is 0 Å². The number of nitrogens with one attached hydrogen (secondary N) is 1. The third kappa shape index (κ3) is 4.69. The topological polar surface area (TPSA) is 90.9 Å². The Labute approximate surface area is 181 Å². The zero-order valence-corrected chi connectivity index (χ0v) is 18.1. The van der Waals surface area contributed by atoms with Crippen LogP contribution >= 0.6 is 12.2 Å². The largest absolute Gasteiger partial charge is 0.379 e. The second-order valence-electron chi connectivity index (χ2n) is 6.99. The number of hydrogen-bond acceptors (Lipinski definition) is 7. The number of anilines is 2. The average molecular weight is 449 g/mol. The molecule has 2 saturated heterocycles. The second-order valence-corrected chi connectivity index (χ2v) is 9.32. The third-order valence-electron chi connectivity index (χ3n) is 5.12. The SMILES string of the molecule is O=S(=O)(c1ccc(NC(=S)N2CCN(c3ncccn3)CC2)cc1)N1CCOCC1. The summed E-state index contributed by atoms with van der Waals surface area (Å²) in [5.74, 6) is 0.730. The van der Waals surface area contributed by atoms with E-state index in [1.807, 2.05) is 0 Å². The van der Waals surface area contributed by atoms with Crippen molar-refractivity contribution >= 4 is 39.0 Å². The molecule has 2 aliphatic heterocycles. The number of benzene rings is 1. The molecule has 0 unspecified atom stereocenters. The van der Waals surface area contributed by atoms with Crippen molar-refractivity contribution < 1.29 is 13.2 Å². The Bertz CT molecular complexity index is 958. The van der Waals surface area contributed by atoms with Crippen LogP contribution in [0.4, 0.5) is 11.6 Å². The summed E-state index contributed by atoms with van der Waals surface area (Å²) in [5.41, 5.74) is 0.759. The van der Waals surface area contributed by atoms with Crippen molar-refractivity contribution in [1.29, 1.82) is 0 Å². The zero-order chi connectivity index (χ0) is 21.0. The number of piperazine rings is 1. The van der Waals surface area contributed by atoms with Crippen molar-refractivity contribution in [2.75, 3.05) is 62.7 Å². The van der Waals surface area contributed by atoms with E-state index in [0.29, 0.717) is 31.4 Å². The summed E-state index contributed by atoms with van der Waals surface area (Å²) in [6, 6.07) is 8.51. The Morgan fingerprint density at radius 2 is 1.60 bits per heavy atom. The van der Waals surface area contributed by atoms with E-state index < -0.39 is 10.0 Å². The van der Waals surface area contributed by atoms with Gasteiger partial charge in [-0.2, -0.15) is 4.31 Å². The second kappa shape index (κ2) is 9.21. The third-order valence-corrected chi connectivity index (χ3v) is 7.39. The fraction of sp³-hybridized carbons (Fsp3) is 0.421. The number of thiocarbonyl (C=S) groups is 1. The number of hydrogen-bond donors (Lipinski definition) is 1. The van der Waals surface area contributed by atoms with E-state index in [1.54, 1.807) is 42.7 Å². The highest BCUT2D eigenvalue weighted by Gasteiger charge is 2.26. The van der Waals surface area contributed by atoms with Crippen LogP contribution < -0.4 is 10.2 Å². The first-order valence-electron chi connectivity index (χ1n) is 9.80. The van der Waals surface area contributed by atoms with Gasteiger partial charge in [-0.15, -0.1) is 0 Å². The molecule has 0 bridgehead atoms. The van der Waals surface area contributed by atoms with Crippen molar-refractivity contribution in [3.8, 4) is 0 Å². The molecule has 0 radical (unpaired) electrons. The van der Waals surface area contributed by atoms with E-state index in [2.05, 4.69) is 25.1 Å². The van der Waals surface area contributed by atoms with Crippen molar-refractivity contribution in [3.05, 3.63) is 42.7 Å². The van der Waals surface area contributed by atoms with Crippen molar-refractivity contribution in [1.82, 2.24) is 19.2 Å². The van der Waals surface area contributed by atoms with Gasteiger partial charge in [0.2, 0.25) is 16.0 Å². The molecule has 0 amide bonds. The summed E-state index contributed by atoms with van der Waals surface area (Å²) < 4.78 is 32.1. The molecule has 160 valence electrons. The fourth-order valence-electron chi connectivity index (χ4n) is 3.41. The number of rotatable bonds is 4. The summed E-state index contributed by atoms with van der Waals surface area (Å²) in [4.78, 5) is 13.1. The quantitative estimate of drug-likeness (QED) is 0.688. The summed E-state index contributed by atoms with van der Waals surface area (Å²) in [5, 5.41) is 3.82. The van der Waals surface area contributed by atoms with Crippen LogP contribution in [0.15, 0.2) is 47.6 Å². The molecule has 2 fully saturated rings. The highest BCUT2D eigenvalue weighted by Crippen LogP contribution is 2.20. The molecule has 0 aliphatic carbocycles. The van der Waals surface area contributed by atoms with E-state index in [0.717, 1.165) is 37.8 Å². The molecule has 3 heterocycles. The van der Waals surface area contributed by atoms with E-state index in [9.17, 15) is 8.42 Å². The van der Waals surface area contributed by atoms with Gasteiger partial charge in [0, 0.05) is 57.3 Å². The Morgan fingerprint density at radius 1 is 0.967 bits per heavy atom. The minimum atomic E-state index is -3.50. The molecule has 1 aromatic carbocycles. The van der Waals surface area contributed by atoms with Gasteiger partial charge in [0.25, 0.3) is 0 Å². The Hall–Kier alpha value is -2.34. The van der Waals surface area contributed by atoms with Crippen LogP contribution in [0.5, 0.6) is 0 Å². The molecule has 1 aromatic heterocycles. The predicted octanol–water partition coefficient (Wildman–Crippen LogP) is 1.02. The van der Waals surface area contributed by atoms with Gasteiger partial charge in [-0.05, 0) is 42.5 Å². The van der Waals surface area contributed by atoms with Crippen molar-refractivity contribution in [2.45, 2.75) is 4.90 Å². The van der Waals surface area contributed by atoms with Crippen LogP contribution in [0.2, 0.25) is 0 Å². The summed E-state index contributed by atoms with van der Waals surface area (Å²) in [6.07, 6.45) is 3.48. The molecule has 2 aliphatic rings. The van der Waals surface area contributed by atoms with Crippen molar-refractivity contribution in [2.24, 2.45) is 0 Å². The first kappa shape index (κ1) is 20.9. The Balaban J connectivity index is 1.33. The molecule has 0 atom stereocenters. The highest BCUT2D eigenvalue weighted by molar-refractivity contribution is 7.89. The minimum Gasteiger partial charge on any atom is -0.379 e. The molecule has 11 heteroatoms. The summed E-state index contributed by atoms with van der Waals surface area (Å²) in [7, 11) is -3.50. The van der Waals surface area contributed by atoms with E-state index in [-0.39, 0.29) is 4.90 Å². The normalized spacial score (nSPS) is 18.3. The highest BCUT2D eigenvalue weighted by atomic mass is 32.2. The molecular formula is C19H24N6O3S2. The lowest BCUT2D eigenvalue weighted by Crippen LogP contribution is -2.50. The van der Waals surface area contributed by atoms with E-state index in [1.165, 1.54) is 4.31 Å². The maximum Gasteiger partial charge on any atom is 0.243 e. The first-order valence-corrected chi connectivity index (χ1v) is 11.6. The fourth-order valence-corrected chi connectivity index (χ4v) is 5.12. The van der Waals surface area contributed by atoms with Gasteiger partial charge in [0.1, 0.15) is 0 Å². The molecule has 0 saturated carbocycles. The molecule has 30 heavy (non-hydrogen) atoms. The molecule has 1 N–H and O–H groups in total. The standard InChI is InChI=1S/C19H24N6O3S2/c26-30(27,25-12-14-28-15-13-25)17-4-2-16(3-5-17)22-19(29)24-10-8-23(9-11-24)18-20-6-1-7-21-18/h1-7H,8-15H2,(H,22,29). The molecule has 9 nitrogen and oxygen atoms in total. The number of sulfonamides is 1. The lowest BCUT2D eigenvalue weighted by molar-refractivity contribution is 0.0730. The van der Waals surface area contributed by atoms with Gasteiger partial charge in [-0.1, -0.05) is 0 Å².